The molecule has 1 heterocycles. The molecule has 102 valence electrons. The van der Waals surface area contributed by atoms with Crippen LogP contribution in [0.4, 0.5) is 11.4 Å². The van der Waals surface area contributed by atoms with E-state index in [2.05, 4.69) is 23.5 Å². The third kappa shape index (κ3) is 2.75. The Kier molecular flexibility index (Phi) is 3.72. The molecule has 1 N–H and O–H groups in total. The number of carbonyl (C=O) groups is 1. The van der Waals surface area contributed by atoms with Crippen LogP contribution in [-0.4, -0.2) is 18.5 Å². The summed E-state index contributed by atoms with van der Waals surface area (Å²) in [6, 6.07) is 8.82. The molecule has 3 heteroatoms. The van der Waals surface area contributed by atoms with Gasteiger partial charge in [0.25, 0.3) is 0 Å². The van der Waals surface area contributed by atoms with E-state index in [1.54, 1.807) is 0 Å². The molecule has 3 rings (SSSR count). The summed E-state index contributed by atoms with van der Waals surface area (Å²) in [7, 11) is 0. The highest BCUT2D eigenvalue weighted by atomic mass is 16.2. The van der Waals surface area contributed by atoms with Crippen LogP contribution >= 0.6 is 0 Å². The summed E-state index contributed by atoms with van der Waals surface area (Å²) in [6.45, 7) is 0.863. The maximum atomic E-state index is 11.9. The largest absolute Gasteiger partial charge is 0.381 e. The lowest BCUT2D eigenvalue weighted by Gasteiger charge is -2.27. The number of hydrogen-bond donors (Lipinski definition) is 1. The molecule has 1 aliphatic heterocycles. The van der Waals surface area contributed by atoms with Gasteiger partial charge >= 0.3 is 0 Å². The van der Waals surface area contributed by atoms with Gasteiger partial charge in [0.2, 0.25) is 5.91 Å². The molecule has 2 aliphatic rings. The average molecular weight is 258 g/mol. The highest BCUT2D eigenvalue weighted by Crippen LogP contribution is 2.31. The van der Waals surface area contributed by atoms with Gasteiger partial charge in [0.05, 0.1) is 11.4 Å². The van der Waals surface area contributed by atoms with Crippen LogP contribution in [-0.2, 0) is 4.79 Å². The summed E-state index contributed by atoms with van der Waals surface area (Å²) in [5.41, 5.74) is 2.19. The Bertz CT molecular complexity index is 452. The fraction of sp³-hybridized carbons (Fsp3) is 0.562. The van der Waals surface area contributed by atoms with E-state index in [1.165, 1.54) is 32.1 Å². The molecular formula is C16H22N2O. The number of hydrogen-bond acceptors (Lipinski definition) is 2. The van der Waals surface area contributed by atoms with Crippen LogP contribution < -0.4 is 10.2 Å². The van der Waals surface area contributed by atoms with Gasteiger partial charge in [-0.2, -0.15) is 0 Å². The van der Waals surface area contributed by atoms with Crippen LogP contribution in [0, 0.1) is 0 Å². The Hall–Kier alpha value is -1.51. The molecule has 0 aromatic heterocycles. The lowest BCUT2D eigenvalue weighted by molar-refractivity contribution is -0.117. The van der Waals surface area contributed by atoms with Gasteiger partial charge in [-0.15, -0.1) is 0 Å². The molecular weight excluding hydrogens is 236 g/mol. The quantitative estimate of drug-likeness (QED) is 0.899. The van der Waals surface area contributed by atoms with Crippen LogP contribution in [0.15, 0.2) is 24.3 Å². The number of nitrogens with zero attached hydrogens (tertiary/aromatic N) is 1. The first-order valence-electron chi connectivity index (χ1n) is 7.50. The fourth-order valence-electron chi connectivity index (χ4n) is 3.20. The minimum atomic E-state index is 0.262. The van der Waals surface area contributed by atoms with Gasteiger partial charge in [-0.3, -0.25) is 4.79 Å². The monoisotopic (exact) mass is 258 g/mol. The lowest BCUT2D eigenvalue weighted by atomic mass is 9.95. The van der Waals surface area contributed by atoms with Crippen LogP contribution in [0.1, 0.15) is 44.9 Å². The summed E-state index contributed by atoms with van der Waals surface area (Å²) >= 11 is 0. The van der Waals surface area contributed by atoms with Crippen molar-refractivity contribution < 1.29 is 4.79 Å². The second-order valence-electron chi connectivity index (χ2n) is 5.65. The zero-order chi connectivity index (χ0) is 13.1. The van der Waals surface area contributed by atoms with E-state index in [9.17, 15) is 4.79 Å². The minimum Gasteiger partial charge on any atom is -0.381 e. The lowest BCUT2D eigenvalue weighted by Crippen LogP contribution is -2.27. The molecule has 0 atom stereocenters. The molecule has 0 spiro atoms. The predicted molar refractivity (Wildman–Crippen MR) is 78.5 cm³/mol. The highest BCUT2D eigenvalue weighted by molar-refractivity contribution is 5.98. The smallest absolute Gasteiger partial charge is 0.227 e. The normalized spacial score (nSPS) is 20.8. The molecule has 1 saturated heterocycles. The third-order valence-electron chi connectivity index (χ3n) is 4.23. The van der Waals surface area contributed by atoms with E-state index in [1.807, 2.05) is 11.0 Å². The predicted octanol–water partition coefficient (Wildman–Crippen LogP) is 3.56. The first kappa shape index (κ1) is 12.5. The fourth-order valence-corrected chi connectivity index (χ4v) is 3.20. The van der Waals surface area contributed by atoms with E-state index in [4.69, 9.17) is 0 Å². The van der Waals surface area contributed by atoms with Gasteiger partial charge in [0, 0.05) is 19.0 Å². The number of anilines is 2. The van der Waals surface area contributed by atoms with Crippen LogP contribution in [0.25, 0.3) is 0 Å². The van der Waals surface area contributed by atoms with Crippen molar-refractivity contribution in [1.82, 2.24) is 0 Å². The van der Waals surface area contributed by atoms with E-state index >= 15 is 0 Å². The highest BCUT2D eigenvalue weighted by Gasteiger charge is 2.24. The van der Waals surface area contributed by atoms with Gasteiger partial charge in [0.1, 0.15) is 0 Å². The van der Waals surface area contributed by atoms with E-state index in [0.717, 1.165) is 24.3 Å². The Morgan fingerprint density at radius 2 is 1.84 bits per heavy atom. The second-order valence-corrected chi connectivity index (χ2v) is 5.65. The minimum absolute atomic E-state index is 0.262. The second kappa shape index (κ2) is 5.64. The molecule has 1 amide bonds. The number of para-hydroxylation sites is 2. The first-order chi connectivity index (χ1) is 9.34. The molecule has 1 aromatic rings. The SMILES string of the molecule is O=C1CCCN1c1ccccc1NC1CCCCC1. The molecule has 3 nitrogen and oxygen atoms in total. The Morgan fingerprint density at radius 3 is 2.58 bits per heavy atom. The van der Waals surface area contributed by atoms with Gasteiger partial charge < -0.3 is 10.2 Å². The zero-order valence-electron chi connectivity index (χ0n) is 11.4. The van der Waals surface area contributed by atoms with Crippen molar-refractivity contribution >= 4 is 17.3 Å². The van der Waals surface area contributed by atoms with E-state index in [0.29, 0.717) is 12.5 Å². The van der Waals surface area contributed by atoms with Gasteiger partial charge in [-0.1, -0.05) is 31.4 Å². The maximum absolute atomic E-state index is 11.9. The van der Waals surface area contributed by atoms with Crippen molar-refractivity contribution in [3.63, 3.8) is 0 Å². The van der Waals surface area contributed by atoms with E-state index < -0.39 is 0 Å². The standard InChI is InChI=1S/C16H22N2O/c19-16-11-6-12-18(16)15-10-5-4-9-14(15)17-13-7-2-1-3-8-13/h4-5,9-10,13,17H,1-3,6-8,11-12H2. The summed E-state index contributed by atoms with van der Waals surface area (Å²) in [4.78, 5) is 13.9. The number of rotatable bonds is 3. The number of amides is 1. The molecule has 0 bridgehead atoms. The van der Waals surface area contributed by atoms with E-state index in [-0.39, 0.29) is 5.91 Å². The molecule has 1 saturated carbocycles. The Labute approximate surface area is 115 Å². The number of nitrogens with one attached hydrogen (secondary N) is 1. The van der Waals surface area contributed by atoms with Crippen molar-refractivity contribution in [2.75, 3.05) is 16.8 Å². The van der Waals surface area contributed by atoms with Crippen molar-refractivity contribution in [2.24, 2.45) is 0 Å². The van der Waals surface area contributed by atoms with Crippen molar-refractivity contribution in [2.45, 2.75) is 51.0 Å². The average Bonchev–Trinajstić information content (AvgIpc) is 2.87. The summed E-state index contributed by atoms with van der Waals surface area (Å²) in [6.07, 6.45) is 8.19. The zero-order valence-corrected chi connectivity index (χ0v) is 11.4. The van der Waals surface area contributed by atoms with Crippen LogP contribution in [0.3, 0.4) is 0 Å². The molecule has 19 heavy (non-hydrogen) atoms. The Balaban J connectivity index is 1.78. The molecule has 0 unspecified atom stereocenters. The maximum Gasteiger partial charge on any atom is 0.227 e. The van der Waals surface area contributed by atoms with Gasteiger partial charge in [-0.25, -0.2) is 0 Å². The number of benzene rings is 1. The van der Waals surface area contributed by atoms with Gasteiger partial charge in [0.15, 0.2) is 0 Å². The molecule has 2 fully saturated rings. The van der Waals surface area contributed by atoms with Crippen molar-refractivity contribution in [3.8, 4) is 0 Å². The van der Waals surface area contributed by atoms with Crippen molar-refractivity contribution in [3.05, 3.63) is 24.3 Å². The van der Waals surface area contributed by atoms with Gasteiger partial charge in [-0.05, 0) is 31.4 Å². The number of carbonyl (C=O) groups excluding carboxylic acids is 1. The van der Waals surface area contributed by atoms with Crippen LogP contribution in [0.5, 0.6) is 0 Å². The molecule has 0 radical (unpaired) electrons. The van der Waals surface area contributed by atoms with Crippen LogP contribution in [0.2, 0.25) is 0 Å². The van der Waals surface area contributed by atoms with Crippen molar-refractivity contribution in [1.29, 1.82) is 0 Å². The molecule has 1 aromatic carbocycles. The third-order valence-corrected chi connectivity index (χ3v) is 4.23. The first-order valence-corrected chi connectivity index (χ1v) is 7.50. The summed E-state index contributed by atoms with van der Waals surface area (Å²) in [5.74, 6) is 0.262. The molecule has 1 aliphatic carbocycles. The summed E-state index contributed by atoms with van der Waals surface area (Å²) < 4.78 is 0. The topological polar surface area (TPSA) is 32.3 Å². The summed E-state index contributed by atoms with van der Waals surface area (Å²) in [5, 5.41) is 3.65. The Morgan fingerprint density at radius 1 is 1.05 bits per heavy atom.